The van der Waals surface area contributed by atoms with E-state index >= 15 is 0 Å². The molecule has 0 spiro atoms. The number of rotatable bonds is 1. The van der Waals surface area contributed by atoms with Crippen LogP contribution < -0.4 is 0 Å². The van der Waals surface area contributed by atoms with Gasteiger partial charge in [0.1, 0.15) is 11.3 Å². The molecule has 0 saturated heterocycles. The lowest BCUT2D eigenvalue weighted by Crippen LogP contribution is -1.83. The Morgan fingerprint density at radius 1 is 1.29 bits per heavy atom. The summed E-state index contributed by atoms with van der Waals surface area (Å²) in [5.41, 5.74) is 0.212. The van der Waals surface area contributed by atoms with E-state index in [-0.39, 0.29) is 11.3 Å². The van der Waals surface area contributed by atoms with Gasteiger partial charge in [0.2, 0.25) is 6.08 Å². The molecule has 0 aliphatic carbocycles. The molecular formula is C10H5FN2O. The maximum absolute atomic E-state index is 13.2. The minimum absolute atomic E-state index is 0.164. The van der Waals surface area contributed by atoms with Gasteiger partial charge >= 0.3 is 0 Å². The molecule has 1 aromatic carbocycles. The third-order valence-electron chi connectivity index (χ3n) is 1.82. The van der Waals surface area contributed by atoms with Gasteiger partial charge in [-0.25, -0.2) is 14.2 Å². The maximum Gasteiger partial charge on any atom is 0.242 e. The van der Waals surface area contributed by atoms with Crippen LogP contribution >= 0.6 is 0 Å². The second kappa shape index (κ2) is 3.36. The molecule has 0 N–H and O–H groups in total. The summed E-state index contributed by atoms with van der Waals surface area (Å²) in [6.07, 6.45) is 1.36. The Kier molecular flexibility index (Phi) is 2.05. The van der Waals surface area contributed by atoms with Crippen LogP contribution in [0, 0.1) is 5.82 Å². The Morgan fingerprint density at radius 2 is 2.14 bits per heavy atom. The van der Waals surface area contributed by atoms with Crippen molar-refractivity contribution in [2.24, 2.45) is 4.99 Å². The van der Waals surface area contributed by atoms with Crippen LogP contribution in [0.4, 0.5) is 10.2 Å². The number of aliphatic imine (C=N–C) groups is 1. The molecule has 0 fully saturated rings. The Morgan fingerprint density at radius 3 is 2.93 bits per heavy atom. The van der Waals surface area contributed by atoms with E-state index in [1.807, 2.05) is 0 Å². The van der Waals surface area contributed by atoms with E-state index in [1.54, 1.807) is 18.2 Å². The van der Waals surface area contributed by atoms with Crippen molar-refractivity contribution in [2.75, 3.05) is 0 Å². The molecule has 1 aromatic heterocycles. The zero-order valence-electron chi connectivity index (χ0n) is 7.07. The van der Waals surface area contributed by atoms with Crippen molar-refractivity contribution >= 4 is 22.8 Å². The minimum Gasteiger partial charge on any atom is -0.225 e. The lowest BCUT2D eigenvalue weighted by Gasteiger charge is -1.97. The van der Waals surface area contributed by atoms with Gasteiger partial charge in [-0.3, -0.25) is 0 Å². The summed E-state index contributed by atoms with van der Waals surface area (Å²) in [6, 6.07) is 7.83. The summed E-state index contributed by atoms with van der Waals surface area (Å²) >= 11 is 0. The van der Waals surface area contributed by atoms with Crippen LogP contribution in [-0.4, -0.2) is 11.1 Å². The molecule has 0 radical (unpaired) electrons. The number of benzene rings is 1. The zero-order valence-corrected chi connectivity index (χ0v) is 7.07. The highest BCUT2D eigenvalue weighted by Crippen LogP contribution is 2.18. The SMILES string of the molecule is O=C=Nc1ccc2cccc(F)c2n1. The van der Waals surface area contributed by atoms with E-state index in [9.17, 15) is 9.18 Å². The molecule has 2 rings (SSSR count). The average Bonchev–Trinajstić information content (AvgIpc) is 2.20. The van der Waals surface area contributed by atoms with Gasteiger partial charge in [-0.15, -0.1) is 4.99 Å². The third-order valence-corrected chi connectivity index (χ3v) is 1.82. The smallest absolute Gasteiger partial charge is 0.225 e. The first-order valence-corrected chi connectivity index (χ1v) is 3.94. The highest BCUT2D eigenvalue weighted by atomic mass is 19.1. The quantitative estimate of drug-likeness (QED) is 0.509. The Labute approximate surface area is 78.9 Å². The van der Waals surface area contributed by atoms with E-state index in [4.69, 9.17) is 0 Å². The van der Waals surface area contributed by atoms with Crippen LogP contribution in [-0.2, 0) is 4.79 Å². The van der Waals surface area contributed by atoms with Crippen molar-refractivity contribution in [2.45, 2.75) is 0 Å². The normalized spacial score (nSPS) is 9.79. The first kappa shape index (κ1) is 8.53. The summed E-state index contributed by atoms with van der Waals surface area (Å²) in [6.45, 7) is 0. The van der Waals surface area contributed by atoms with Crippen molar-refractivity contribution in [1.82, 2.24) is 4.98 Å². The lowest BCUT2D eigenvalue weighted by molar-refractivity contribution is 0.565. The number of hydrogen-bond acceptors (Lipinski definition) is 3. The summed E-state index contributed by atoms with van der Waals surface area (Å²) < 4.78 is 13.2. The molecule has 0 unspecified atom stereocenters. The van der Waals surface area contributed by atoms with Crippen molar-refractivity contribution in [3.8, 4) is 0 Å². The zero-order chi connectivity index (χ0) is 9.97. The fourth-order valence-corrected chi connectivity index (χ4v) is 1.21. The van der Waals surface area contributed by atoms with Crippen LogP contribution in [0.3, 0.4) is 0 Å². The first-order chi connectivity index (χ1) is 6.81. The Hall–Kier alpha value is -2.06. The highest BCUT2D eigenvalue weighted by molar-refractivity contribution is 5.80. The van der Waals surface area contributed by atoms with Gasteiger partial charge < -0.3 is 0 Å². The predicted molar refractivity (Wildman–Crippen MR) is 49.5 cm³/mol. The number of para-hydroxylation sites is 1. The number of carbonyl (C=O) groups excluding carboxylic acids is 1. The first-order valence-electron chi connectivity index (χ1n) is 3.94. The molecular weight excluding hydrogens is 183 g/mol. The maximum atomic E-state index is 13.2. The minimum atomic E-state index is -0.426. The number of hydrogen-bond donors (Lipinski definition) is 0. The molecule has 4 heteroatoms. The standard InChI is InChI=1S/C10H5FN2O/c11-8-3-1-2-7-4-5-9(12-6-14)13-10(7)8/h1-5H. The number of aromatic nitrogens is 1. The molecule has 68 valence electrons. The fourth-order valence-electron chi connectivity index (χ4n) is 1.21. The Balaban J connectivity index is 2.75. The van der Waals surface area contributed by atoms with Crippen LogP contribution in [0.2, 0.25) is 0 Å². The summed E-state index contributed by atoms with van der Waals surface area (Å²) in [7, 11) is 0. The number of pyridine rings is 1. The van der Waals surface area contributed by atoms with Crippen molar-refractivity contribution in [3.63, 3.8) is 0 Å². The van der Waals surface area contributed by atoms with Crippen molar-refractivity contribution in [3.05, 3.63) is 36.1 Å². The monoisotopic (exact) mass is 188 g/mol. The van der Waals surface area contributed by atoms with Gasteiger partial charge in [-0.05, 0) is 18.2 Å². The number of fused-ring (bicyclic) bond motifs is 1. The third kappa shape index (κ3) is 1.39. The van der Waals surface area contributed by atoms with Gasteiger partial charge in [0.15, 0.2) is 5.82 Å². The fraction of sp³-hybridized carbons (Fsp3) is 0. The van der Waals surface area contributed by atoms with E-state index < -0.39 is 5.82 Å². The predicted octanol–water partition coefficient (Wildman–Crippen LogP) is 2.34. The van der Waals surface area contributed by atoms with Crippen LogP contribution in [0.15, 0.2) is 35.3 Å². The molecule has 14 heavy (non-hydrogen) atoms. The van der Waals surface area contributed by atoms with Crippen molar-refractivity contribution in [1.29, 1.82) is 0 Å². The van der Waals surface area contributed by atoms with Crippen molar-refractivity contribution < 1.29 is 9.18 Å². The van der Waals surface area contributed by atoms with Gasteiger partial charge in [-0.2, -0.15) is 0 Å². The molecule has 0 saturated carbocycles. The molecule has 0 aliphatic heterocycles. The van der Waals surface area contributed by atoms with Crippen LogP contribution in [0.1, 0.15) is 0 Å². The summed E-state index contributed by atoms with van der Waals surface area (Å²) in [5.74, 6) is -0.261. The van der Waals surface area contributed by atoms with E-state index in [2.05, 4.69) is 9.98 Å². The molecule has 3 nitrogen and oxygen atoms in total. The van der Waals surface area contributed by atoms with Crippen LogP contribution in [0.25, 0.3) is 10.9 Å². The molecule has 0 amide bonds. The average molecular weight is 188 g/mol. The molecule has 0 atom stereocenters. The second-order valence-electron chi connectivity index (χ2n) is 2.68. The molecule has 0 bridgehead atoms. The van der Waals surface area contributed by atoms with Gasteiger partial charge in [0, 0.05) is 5.39 Å². The Bertz CT molecular complexity index is 533. The van der Waals surface area contributed by atoms with E-state index in [1.165, 1.54) is 18.2 Å². The number of nitrogens with zero attached hydrogens (tertiary/aromatic N) is 2. The summed E-state index contributed by atoms with van der Waals surface area (Å²) in [5, 5.41) is 0.676. The van der Waals surface area contributed by atoms with E-state index in [0.717, 1.165) is 0 Å². The summed E-state index contributed by atoms with van der Waals surface area (Å²) in [4.78, 5) is 17.1. The largest absolute Gasteiger partial charge is 0.242 e. The molecule has 0 aliphatic rings. The topological polar surface area (TPSA) is 42.3 Å². The van der Waals surface area contributed by atoms with Gasteiger partial charge in [-0.1, -0.05) is 12.1 Å². The van der Waals surface area contributed by atoms with Gasteiger partial charge in [0.25, 0.3) is 0 Å². The van der Waals surface area contributed by atoms with Gasteiger partial charge in [0.05, 0.1) is 0 Å². The van der Waals surface area contributed by atoms with Crippen LogP contribution in [0.5, 0.6) is 0 Å². The lowest BCUT2D eigenvalue weighted by atomic mass is 10.2. The molecule has 1 heterocycles. The second-order valence-corrected chi connectivity index (χ2v) is 2.68. The highest BCUT2D eigenvalue weighted by Gasteiger charge is 2.01. The van der Waals surface area contributed by atoms with E-state index in [0.29, 0.717) is 5.39 Å². The number of halogens is 1. The number of isocyanates is 1. The molecule has 2 aromatic rings.